The first-order valence-corrected chi connectivity index (χ1v) is 5.87. The monoisotopic (exact) mass is 300 g/mol. The molecule has 0 saturated heterocycles. The number of hydrogen-bond donors (Lipinski definition) is 2. The number of carbonyl (C=O) groups is 1. The van der Waals surface area contributed by atoms with Gasteiger partial charge in [-0.3, -0.25) is 4.79 Å². The van der Waals surface area contributed by atoms with Crippen LogP contribution in [0.5, 0.6) is 0 Å². The molecule has 0 aliphatic heterocycles. The zero-order valence-corrected chi connectivity index (χ0v) is 10.6. The van der Waals surface area contributed by atoms with Gasteiger partial charge in [-0.15, -0.1) is 5.10 Å². The Morgan fingerprint density at radius 1 is 1.33 bits per heavy atom. The van der Waals surface area contributed by atoms with Crippen molar-refractivity contribution in [3.63, 3.8) is 0 Å². The van der Waals surface area contributed by atoms with Crippen LogP contribution in [0.25, 0.3) is 5.69 Å². The van der Waals surface area contributed by atoms with Crippen LogP contribution in [0.2, 0.25) is 0 Å². The molecule has 0 aliphatic rings. The van der Waals surface area contributed by atoms with Gasteiger partial charge in [-0.25, -0.2) is 4.68 Å². The normalized spacial score (nSPS) is 11.4. The highest BCUT2D eigenvalue weighted by atomic mass is 19.4. The van der Waals surface area contributed by atoms with Crippen molar-refractivity contribution in [1.82, 2.24) is 20.3 Å². The molecule has 0 atom stereocenters. The summed E-state index contributed by atoms with van der Waals surface area (Å²) in [6, 6.07) is 6.82. The van der Waals surface area contributed by atoms with Gasteiger partial charge in [0.2, 0.25) is 0 Å². The summed E-state index contributed by atoms with van der Waals surface area (Å²) in [6.45, 7) is -0.601. The maximum Gasteiger partial charge on any atom is 0.471 e. The summed E-state index contributed by atoms with van der Waals surface area (Å²) in [7, 11) is 0. The Morgan fingerprint density at radius 3 is 2.71 bits per heavy atom. The molecule has 1 amide bonds. The van der Waals surface area contributed by atoms with Crippen molar-refractivity contribution < 1.29 is 23.1 Å². The smallest absolute Gasteiger partial charge is 0.392 e. The average Bonchev–Trinajstić information content (AvgIpc) is 2.92. The van der Waals surface area contributed by atoms with Crippen molar-refractivity contribution in [2.75, 3.05) is 0 Å². The maximum atomic E-state index is 12.0. The van der Waals surface area contributed by atoms with Crippen molar-refractivity contribution in [2.24, 2.45) is 0 Å². The van der Waals surface area contributed by atoms with E-state index in [2.05, 4.69) is 10.3 Å². The Kier molecular flexibility index (Phi) is 4.22. The van der Waals surface area contributed by atoms with E-state index in [-0.39, 0.29) is 18.8 Å². The van der Waals surface area contributed by atoms with Crippen LogP contribution in [0.4, 0.5) is 13.2 Å². The van der Waals surface area contributed by atoms with E-state index >= 15 is 0 Å². The lowest BCUT2D eigenvalue weighted by Crippen LogP contribution is -2.36. The first kappa shape index (κ1) is 15.0. The molecule has 1 aromatic heterocycles. The number of benzene rings is 1. The van der Waals surface area contributed by atoms with Gasteiger partial charge in [-0.05, 0) is 6.07 Å². The number of nitrogens with zero attached hydrogens (tertiary/aromatic N) is 3. The molecule has 2 aromatic rings. The summed E-state index contributed by atoms with van der Waals surface area (Å²) in [4.78, 5) is 10.7. The topological polar surface area (TPSA) is 80.0 Å². The Hall–Kier alpha value is -2.42. The lowest BCUT2D eigenvalue weighted by atomic mass is 10.2. The number of alkyl halides is 3. The van der Waals surface area contributed by atoms with E-state index in [0.29, 0.717) is 11.3 Å². The molecule has 0 saturated carbocycles. The van der Waals surface area contributed by atoms with Gasteiger partial charge in [-0.2, -0.15) is 13.2 Å². The van der Waals surface area contributed by atoms with Crippen molar-refractivity contribution in [2.45, 2.75) is 19.3 Å². The van der Waals surface area contributed by atoms with E-state index in [1.807, 2.05) is 0 Å². The number of para-hydroxylation sites is 1. The second kappa shape index (κ2) is 5.92. The number of rotatable bonds is 4. The first-order valence-electron chi connectivity index (χ1n) is 5.87. The molecular weight excluding hydrogens is 289 g/mol. The minimum absolute atomic E-state index is 0.167. The van der Waals surface area contributed by atoms with Crippen LogP contribution in [-0.2, 0) is 17.9 Å². The highest BCUT2D eigenvalue weighted by Crippen LogP contribution is 2.15. The SMILES string of the molecule is O=C(NCc1cn(-c2ccccc2CO)nn1)C(F)(F)F. The van der Waals surface area contributed by atoms with Gasteiger partial charge in [0.25, 0.3) is 0 Å². The molecule has 21 heavy (non-hydrogen) atoms. The molecular formula is C12H11F3N4O2. The third kappa shape index (κ3) is 3.57. The molecule has 1 heterocycles. The lowest BCUT2D eigenvalue weighted by Gasteiger charge is -2.06. The summed E-state index contributed by atoms with van der Waals surface area (Å²) in [6.07, 6.45) is -3.55. The highest BCUT2D eigenvalue weighted by molar-refractivity contribution is 5.81. The molecule has 2 N–H and O–H groups in total. The molecule has 1 aromatic carbocycles. The van der Waals surface area contributed by atoms with Crippen molar-refractivity contribution in [3.8, 4) is 5.69 Å². The summed E-state index contributed by atoms with van der Waals surface area (Å²) >= 11 is 0. The van der Waals surface area contributed by atoms with Crippen molar-refractivity contribution >= 4 is 5.91 Å². The fraction of sp³-hybridized carbons (Fsp3) is 0.250. The number of nitrogens with one attached hydrogen (secondary N) is 1. The fourth-order valence-corrected chi connectivity index (χ4v) is 1.64. The predicted octanol–water partition coefficient (Wildman–Crippen LogP) is 0.938. The van der Waals surface area contributed by atoms with Crippen LogP contribution in [0.15, 0.2) is 30.5 Å². The van der Waals surface area contributed by atoms with Crippen LogP contribution in [-0.4, -0.2) is 32.2 Å². The van der Waals surface area contributed by atoms with Gasteiger partial charge < -0.3 is 10.4 Å². The molecule has 0 unspecified atom stereocenters. The Labute approximate surface area is 117 Å². The van der Waals surface area contributed by atoms with Crippen molar-refractivity contribution in [3.05, 3.63) is 41.7 Å². The molecule has 9 heteroatoms. The predicted molar refractivity (Wildman–Crippen MR) is 65.2 cm³/mol. The number of carbonyl (C=O) groups excluding carboxylic acids is 1. The molecule has 0 radical (unpaired) electrons. The second-order valence-electron chi connectivity index (χ2n) is 4.12. The number of aromatic nitrogens is 3. The number of amides is 1. The van der Waals surface area contributed by atoms with Gasteiger partial charge in [-0.1, -0.05) is 23.4 Å². The minimum Gasteiger partial charge on any atom is -0.392 e. The van der Waals surface area contributed by atoms with Crippen molar-refractivity contribution in [1.29, 1.82) is 0 Å². The molecule has 6 nitrogen and oxygen atoms in total. The Balaban J connectivity index is 2.10. The van der Waals surface area contributed by atoms with Gasteiger partial charge in [0.15, 0.2) is 0 Å². The van der Waals surface area contributed by atoms with E-state index in [1.54, 1.807) is 29.6 Å². The molecule has 0 spiro atoms. The largest absolute Gasteiger partial charge is 0.471 e. The Morgan fingerprint density at radius 2 is 2.05 bits per heavy atom. The van der Waals surface area contributed by atoms with Gasteiger partial charge in [0.05, 0.1) is 25.0 Å². The molecule has 2 rings (SSSR count). The van der Waals surface area contributed by atoms with Gasteiger partial charge in [0, 0.05) is 5.56 Å². The van der Waals surface area contributed by atoms with Gasteiger partial charge in [0.1, 0.15) is 5.69 Å². The van der Waals surface area contributed by atoms with E-state index in [0.717, 1.165) is 0 Å². The summed E-state index contributed by atoms with van der Waals surface area (Å²) < 4.78 is 37.4. The summed E-state index contributed by atoms with van der Waals surface area (Å²) in [5, 5.41) is 18.3. The van der Waals surface area contributed by atoms with E-state index in [4.69, 9.17) is 0 Å². The van der Waals surface area contributed by atoms with E-state index < -0.39 is 12.1 Å². The van der Waals surface area contributed by atoms with Crippen LogP contribution in [0.1, 0.15) is 11.3 Å². The van der Waals surface area contributed by atoms with Gasteiger partial charge >= 0.3 is 12.1 Å². The summed E-state index contributed by atoms with van der Waals surface area (Å²) in [5.41, 5.74) is 1.31. The second-order valence-corrected chi connectivity index (χ2v) is 4.12. The Bertz CT molecular complexity index is 639. The lowest BCUT2D eigenvalue weighted by molar-refractivity contribution is -0.173. The fourth-order valence-electron chi connectivity index (χ4n) is 1.64. The van der Waals surface area contributed by atoms with E-state index in [1.165, 1.54) is 10.9 Å². The zero-order valence-electron chi connectivity index (χ0n) is 10.6. The molecule has 0 aliphatic carbocycles. The third-order valence-electron chi connectivity index (χ3n) is 2.64. The molecule has 112 valence electrons. The first-order chi connectivity index (χ1) is 9.91. The van der Waals surface area contributed by atoms with Crippen LogP contribution in [0.3, 0.4) is 0 Å². The number of hydrogen-bond acceptors (Lipinski definition) is 4. The summed E-state index contributed by atoms with van der Waals surface area (Å²) in [5.74, 6) is -2.03. The zero-order chi connectivity index (χ0) is 15.5. The number of aliphatic hydroxyl groups excluding tert-OH is 1. The minimum atomic E-state index is -4.93. The maximum absolute atomic E-state index is 12.0. The molecule has 0 bridgehead atoms. The van der Waals surface area contributed by atoms with Crippen LogP contribution < -0.4 is 5.32 Å². The number of halogens is 3. The van der Waals surface area contributed by atoms with Crippen LogP contribution in [0, 0.1) is 0 Å². The van der Waals surface area contributed by atoms with E-state index in [9.17, 15) is 23.1 Å². The quantitative estimate of drug-likeness (QED) is 0.880. The molecule has 0 fully saturated rings. The van der Waals surface area contributed by atoms with Crippen LogP contribution >= 0.6 is 0 Å². The standard InChI is InChI=1S/C12H11F3N4O2/c13-12(14,15)11(21)16-5-9-6-19(18-17-9)10-4-2-1-3-8(10)7-20/h1-4,6,20H,5,7H2,(H,16,21). The average molecular weight is 300 g/mol. The number of aliphatic hydroxyl groups is 1. The third-order valence-corrected chi connectivity index (χ3v) is 2.64. The highest BCUT2D eigenvalue weighted by Gasteiger charge is 2.38.